The first-order valence-electron chi connectivity index (χ1n) is 7.16. The first-order valence-corrected chi connectivity index (χ1v) is 7.16. The van der Waals surface area contributed by atoms with Gasteiger partial charge in [0.05, 0.1) is 25.0 Å². The molecule has 1 heterocycles. The van der Waals surface area contributed by atoms with E-state index in [2.05, 4.69) is 16.7 Å². The number of nitrogens with zero attached hydrogens (tertiary/aromatic N) is 2. The van der Waals surface area contributed by atoms with E-state index in [9.17, 15) is 4.79 Å². The Hall–Kier alpha value is -2.43. The van der Waals surface area contributed by atoms with Crippen LogP contribution in [-0.4, -0.2) is 31.4 Å². The van der Waals surface area contributed by atoms with E-state index < -0.39 is 0 Å². The molecule has 5 heteroatoms. The second kappa shape index (κ2) is 8.77. The number of aromatic nitrogens is 1. The molecular formula is C17H22N2O3. The van der Waals surface area contributed by atoms with E-state index >= 15 is 0 Å². The topological polar surface area (TPSA) is 60.8 Å². The number of allylic oxidation sites excluding steroid dienone is 1. The van der Waals surface area contributed by atoms with Crippen LogP contribution in [0.4, 0.5) is 0 Å². The molecule has 0 spiro atoms. The van der Waals surface area contributed by atoms with Crippen LogP contribution in [0.3, 0.4) is 0 Å². The van der Waals surface area contributed by atoms with Gasteiger partial charge >= 0.3 is 5.97 Å². The fraction of sp³-hybridized carbons (Fsp3) is 0.353. The summed E-state index contributed by atoms with van der Waals surface area (Å²) in [5.41, 5.74) is 2.71. The summed E-state index contributed by atoms with van der Waals surface area (Å²) in [4.78, 5) is 20.3. The van der Waals surface area contributed by atoms with Crippen molar-refractivity contribution in [2.24, 2.45) is 4.99 Å². The molecule has 0 aromatic carbocycles. The van der Waals surface area contributed by atoms with Crippen molar-refractivity contribution in [3.05, 3.63) is 41.1 Å². The third-order valence-electron chi connectivity index (χ3n) is 3.12. The zero-order valence-electron chi connectivity index (χ0n) is 13.5. The number of carbonyl (C=O) groups excluding carboxylic acids is 1. The number of hydrogen-bond donors (Lipinski definition) is 0. The number of pyridine rings is 1. The second-order valence-electron chi connectivity index (χ2n) is 4.35. The van der Waals surface area contributed by atoms with Crippen molar-refractivity contribution >= 4 is 18.4 Å². The van der Waals surface area contributed by atoms with Gasteiger partial charge in [-0.3, -0.25) is 4.99 Å². The highest BCUT2D eigenvalue weighted by Crippen LogP contribution is 2.29. The fourth-order valence-corrected chi connectivity index (χ4v) is 2.14. The molecule has 0 saturated carbocycles. The number of carbonyl (C=O) groups is 1. The second-order valence-corrected chi connectivity index (χ2v) is 4.35. The molecule has 0 aliphatic carbocycles. The minimum atomic E-state index is -0.357. The molecule has 0 radical (unpaired) electrons. The third kappa shape index (κ3) is 4.04. The highest BCUT2D eigenvalue weighted by molar-refractivity contribution is 5.96. The molecule has 22 heavy (non-hydrogen) atoms. The van der Waals surface area contributed by atoms with Gasteiger partial charge < -0.3 is 9.47 Å². The number of ether oxygens (including phenoxy) is 2. The van der Waals surface area contributed by atoms with Crippen LogP contribution in [0.5, 0.6) is 5.88 Å². The average Bonchev–Trinajstić information content (AvgIpc) is 2.55. The molecule has 1 aromatic rings. The van der Waals surface area contributed by atoms with Crippen LogP contribution in [-0.2, 0) is 9.53 Å². The summed E-state index contributed by atoms with van der Waals surface area (Å²) in [5.74, 6) is 0.122. The maximum absolute atomic E-state index is 12.1. The van der Waals surface area contributed by atoms with E-state index in [4.69, 9.17) is 9.47 Å². The predicted octanol–water partition coefficient (Wildman–Crippen LogP) is 3.42. The normalized spacial score (nSPS) is 12.5. The van der Waals surface area contributed by atoms with Crippen molar-refractivity contribution in [2.45, 2.75) is 27.2 Å². The summed E-state index contributed by atoms with van der Waals surface area (Å²) in [6, 6.07) is 3.57. The molecule has 0 saturated heterocycles. The Morgan fingerprint density at radius 3 is 2.68 bits per heavy atom. The maximum Gasteiger partial charge on any atom is 0.338 e. The monoisotopic (exact) mass is 302 g/mol. The zero-order chi connectivity index (χ0) is 16.5. The lowest BCUT2D eigenvalue weighted by atomic mass is 9.97. The van der Waals surface area contributed by atoms with Crippen LogP contribution in [0.2, 0.25) is 0 Å². The Bertz CT molecular complexity index is 604. The van der Waals surface area contributed by atoms with E-state index in [0.29, 0.717) is 30.2 Å². The molecule has 0 fully saturated rings. The number of methoxy groups -OCH3 is 1. The summed E-state index contributed by atoms with van der Waals surface area (Å²) in [6.45, 7) is 9.50. The molecular weight excluding hydrogens is 280 g/mol. The van der Waals surface area contributed by atoms with E-state index in [-0.39, 0.29) is 5.97 Å². The minimum Gasteiger partial charge on any atom is -0.481 e. The molecule has 0 atom stereocenters. The van der Waals surface area contributed by atoms with Crippen LogP contribution in [0.15, 0.2) is 40.5 Å². The van der Waals surface area contributed by atoms with E-state index in [0.717, 1.165) is 11.1 Å². The van der Waals surface area contributed by atoms with Gasteiger partial charge in [-0.15, -0.1) is 0 Å². The molecule has 5 nitrogen and oxygen atoms in total. The molecule has 0 aliphatic heterocycles. The average molecular weight is 302 g/mol. The Morgan fingerprint density at radius 2 is 2.18 bits per heavy atom. The summed E-state index contributed by atoms with van der Waals surface area (Å²) in [5, 5.41) is 0. The van der Waals surface area contributed by atoms with Crippen LogP contribution >= 0.6 is 0 Å². The Labute approximate surface area is 131 Å². The number of rotatable bonds is 7. The molecule has 118 valence electrons. The summed E-state index contributed by atoms with van der Waals surface area (Å²) >= 11 is 0. The highest BCUT2D eigenvalue weighted by Gasteiger charge is 2.18. The van der Waals surface area contributed by atoms with Crippen LogP contribution in [0.25, 0.3) is 5.70 Å². The zero-order valence-corrected chi connectivity index (χ0v) is 13.5. The molecule has 1 rings (SSSR count). The Morgan fingerprint density at radius 1 is 1.45 bits per heavy atom. The Kier molecular flexibility index (Phi) is 7.02. The van der Waals surface area contributed by atoms with Gasteiger partial charge in [-0.25, -0.2) is 9.78 Å². The predicted molar refractivity (Wildman–Crippen MR) is 87.9 cm³/mol. The van der Waals surface area contributed by atoms with Gasteiger partial charge in [0.15, 0.2) is 0 Å². The summed E-state index contributed by atoms with van der Waals surface area (Å²) < 4.78 is 10.2. The van der Waals surface area contributed by atoms with Gasteiger partial charge in [-0.2, -0.15) is 0 Å². The fourth-order valence-electron chi connectivity index (χ4n) is 2.14. The molecule has 0 amide bonds. The largest absolute Gasteiger partial charge is 0.481 e. The van der Waals surface area contributed by atoms with Gasteiger partial charge in [0, 0.05) is 17.8 Å². The van der Waals surface area contributed by atoms with Crippen molar-refractivity contribution in [3.63, 3.8) is 0 Å². The van der Waals surface area contributed by atoms with Crippen molar-refractivity contribution in [1.29, 1.82) is 0 Å². The third-order valence-corrected chi connectivity index (χ3v) is 3.12. The summed E-state index contributed by atoms with van der Waals surface area (Å²) in [7, 11) is 1.55. The van der Waals surface area contributed by atoms with Gasteiger partial charge in [-0.05, 0) is 38.6 Å². The van der Waals surface area contributed by atoms with E-state index in [1.165, 1.54) is 0 Å². The molecule has 0 bridgehead atoms. The maximum atomic E-state index is 12.1. The van der Waals surface area contributed by atoms with Crippen molar-refractivity contribution < 1.29 is 14.3 Å². The first-order chi connectivity index (χ1) is 10.6. The van der Waals surface area contributed by atoms with Crippen molar-refractivity contribution in [1.82, 2.24) is 4.98 Å². The quantitative estimate of drug-likeness (QED) is 0.335. The highest BCUT2D eigenvalue weighted by atomic mass is 16.5. The SMILES string of the molecule is C=NC(=C(CC)C(=CC)C(=O)OCC)c1ccnc(OC)c1. The smallest absolute Gasteiger partial charge is 0.338 e. The van der Waals surface area contributed by atoms with Crippen LogP contribution in [0, 0.1) is 0 Å². The Balaban J connectivity index is 3.43. The molecule has 0 aliphatic rings. The van der Waals surface area contributed by atoms with Gasteiger partial charge in [0.1, 0.15) is 0 Å². The molecule has 0 N–H and O–H groups in total. The van der Waals surface area contributed by atoms with Crippen molar-refractivity contribution in [2.75, 3.05) is 13.7 Å². The lowest BCUT2D eigenvalue weighted by molar-refractivity contribution is -0.138. The first kappa shape index (κ1) is 17.6. The van der Waals surface area contributed by atoms with Gasteiger partial charge in [0.2, 0.25) is 5.88 Å². The summed E-state index contributed by atoms with van der Waals surface area (Å²) in [6.07, 6.45) is 3.99. The van der Waals surface area contributed by atoms with Crippen LogP contribution in [0.1, 0.15) is 32.8 Å². The van der Waals surface area contributed by atoms with Crippen molar-refractivity contribution in [3.8, 4) is 5.88 Å². The minimum absolute atomic E-state index is 0.326. The lowest BCUT2D eigenvalue weighted by Gasteiger charge is -2.14. The van der Waals surface area contributed by atoms with E-state index in [1.54, 1.807) is 45.4 Å². The van der Waals surface area contributed by atoms with Gasteiger partial charge in [-0.1, -0.05) is 13.0 Å². The van der Waals surface area contributed by atoms with Gasteiger partial charge in [0.25, 0.3) is 0 Å². The van der Waals surface area contributed by atoms with E-state index in [1.807, 2.05) is 6.92 Å². The molecule has 0 unspecified atom stereocenters. The molecule has 1 aromatic heterocycles. The number of aliphatic imine (C=N–C) groups is 1. The lowest BCUT2D eigenvalue weighted by Crippen LogP contribution is -2.10. The number of hydrogen-bond acceptors (Lipinski definition) is 5. The number of esters is 1. The standard InChI is InChI=1S/C17H22N2O3/c1-6-13(14(7-2)17(20)22-8-3)16(18-4)12-9-10-19-15(11-12)21-5/h7,9-11H,4,6,8H2,1-3,5H3. The van der Waals surface area contributed by atoms with Crippen LogP contribution < -0.4 is 4.74 Å².